The van der Waals surface area contributed by atoms with E-state index in [9.17, 15) is 9.59 Å². The molecule has 2 aromatic heterocycles. The van der Waals surface area contributed by atoms with Crippen molar-refractivity contribution in [2.24, 2.45) is 0 Å². The summed E-state index contributed by atoms with van der Waals surface area (Å²) in [5.74, 6) is 0.577. The molecule has 4 aromatic rings. The van der Waals surface area contributed by atoms with Crippen LogP contribution in [0.2, 0.25) is 0 Å². The first kappa shape index (κ1) is 16.9. The van der Waals surface area contributed by atoms with E-state index in [1.54, 1.807) is 17.8 Å². The van der Waals surface area contributed by atoms with Gasteiger partial charge in [0.2, 0.25) is 0 Å². The Morgan fingerprint density at radius 2 is 1.81 bits per heavy atom. The Kier molecular flexibility index (Phi) is 4.77. The number of amides is 1. The summed E-state index contributed by atoms with van der Waals surface area (Å²) >= 11 is 2.67. The SMILES string of the molecule is O=C(NCCSc1ccccc1)c1cc2c([nH]c3ccccc32)c(=O)s1. The Morgan fingerprint density at radius 1 is 1.04 bits per heavy atom. The van der Waals surface area contributed by atoms with Crippen LogP contribution in [0.25, 0.3) is 21.8 Å². The summed E-state index contributed by atoms with van der Waals surface area (Å²) in [5.41, 5.74) is 1.47. The number of aromatic amines is 1. The van der Waals surface area contributed by atoms with E-state index in [-0.39, 0.29) is 10.6 Å². The molecule has 0 saturated heterocycles. The standard InChI is InChI=1S/C20H16N2O2S2/c23-19(21-10-11-25-13-6-2-1-3-7-13)17-12-15-14-8-4-5-9-16(14)22-18(15)20(24)26-17/h1-9,12,22H,10-11H2,(H,21,23). The smallest absolute Gasteiger partial charge is 0.261 e. The number of para-hydroxylation sites is 1. The van der Waals surface area contributed by atoms with Crippen LogP contribution in [0.3, 0.4) is 0 Å². The molecule has 0 atom stereocenters. The zero-order chi connectivity index (χ0) is 17.9. The van der Waals surface area contributed by atoms with Gasteiger partial charge < -0.3 is 10.3 Å². The van der Waals surface area contributed by atoms with Gasteiger partial charge in [-0.3, -0.25) is 9.59 Å². The lowest BCUT2D eigenvalue weighted by Gasteiger charge is -2.05. The van der Waals surface area contributed by atoms with Gasteiger partial charge in [0.25, 0.3) is 10.6 Å². The van der Waals surface area contributed by atoms with Gasteiger partial charge in [-0.2, -0.15) is 0 Å². The molecule has 1 amide bonds. The van der Waals surface area contributed by atoms with E-state index in [2.05, 4.69) is 10.3 Å². The van der Waals surface area contributed by atoms with E-state index < -0.39 is 0 Å². The van der Waals surface area contributed by atoms with Crippen LogP contribution in [0.4, 0.5) is 0 Å². The Balaban J connectivity index is 1.50. The average molecular weight is 380 g/mol. The maximum Gasteiger partial charge on any atom is 0.261 e. The van der Waals surface area contributed by atoms with E-state index in [0.29, 0.717) is 16.9 Å². The van der Waals surface area contributed by atoms with Crippen molar-refractivity contribution >= 4 is 50.8 Å². The number of H-pyrrole nitrogens is 1. The predicted octanol–water partition coefficient (Wildman–Crippen LogP) is 4.26. The Hall–Kier alpha value is -2.57. The van der Waals surface area contributed by atoms with Gasteiger partial charge in [-0.25, -0.2) is 0 Å². The number of rotatable bonds is 5. The van der Waals surface area contributed by atoms with E-state index in [4.69, 9.17) is 0 Å². The molecule has 4 rings (SSSR count). The molecular weight excluding hydrogens is 364 g/mol. The molecule has 0 bridgehead atoms. The third-order valence-corrected chi connectivity index (χ3v) is 5.98. The molecule has 4 nitrogen and oxygen atoms in total. The number of benzene rings is 2. The first-order chi connectivity index (χ1) is 12.7. The van der Waals surface area contributed by atoms with E-state index in [0.717, 1.165) is 33.4 Å². The van der Waals surface area contributed by atoms with Crippen LogP contribution in [0.1, 0.15) is 9.67 Å². The molecule has 0 radical (unpaired) electrons. The van der Waals surface area contributed by atoms with Crippen LogP contribution in [-0.4, -0.2) is 23.2 Å². The Bertz CT molecular complexity index is 1130. The van der Waals surface area contributed by atoms with Gasteiger partial charge in [0, 0.05) is 33.5 Å². The topological polar surface area (TPSA) is 62.0 Å². The zero-order valence-electron chi connectivity index (χ0n) is 13.8. The fourth-order valence-electron chi connectivity index (χ4n) is 2.84. The van der Waals surface area contributed by atoms with Crippen molar-refractivity contribution in [1.82, 2.24) is 10.3 Å². The van der Waals surface area contributed by atoms with Crippen molar-refractivity contribution in [3.63, 3.8) is 0 Å². The second-order valence-electron chi connectivity index (χ2n) is 5.77. The van der Waals surface area contributed by atoms with E-state index in [1.165, 1.54) is 4.90 Å². The van der Waals surface area contributed by atoms with Crippen molar-refractivity contribution in [3.05, 3.63) is 75.1 Å². The van der Waals surface area contributed by atoms with Gasteiger partial charge in [0.1, 0.15) is 5.52 Å². The molecule has 6 heteroatoms. The fourth-order valence-corrected chi connectivity index (χ4v) is 4.43. The lowest BCUT2D eigenvalue weighted by molar-refractivity contribution is 0.0960. The lowest BCUT2D eigenvalue weighted by atomic mass is 10.2. The van der Waals surface area contributed by atoms with Gasteiger partial charge in [-0.15, -0.1) is 11.8 Å². The summed E-state index contributed by atoms with van der Waals surface area (Å²) in [6.07, 6.45) is 0. The molecule has 0 unspecified atom stereocenters. The van der Waals surface area contributed by atoms with Gasteiger partial charge in [0.05, 0.1) is 4.88 Å². The molecule has 0 fully saturated rings. The van der Waals surface area contributed by atoms with Crippen LogP contribution in [0.15, 0.2) is 70.4 Å². The highest BCUT2D eigenvalue weighted by Gasteiger charge is 2.13. The number of fused-ring (bicyclic) bond motifs is 3. The number of aromatic nitrogens is 1. The highest BCUT2D eigenvalue weighted by molar-refractivity contribution is 7.99. The molecular formula is C20H16N2O2S2. The van der Waals surface area contributed by atoms with E-state index >= 15 is 0 Å². The summed E-state index contributed by atoms with van der Waals surface area (Å²) in [5, 5.41) is 4.66. The summed E-state index contributed by atoms with van der Waals surface area (Å²) in [4.78, 5) is 29.6. The van der Waals surface area contributed by atoms with Crippen LogP contribution in [0, 0.1) is 0 Å². The summed E-state index contributed by atoms with van der Waals surface area (Å²) in [7, 11) is 0. The third kappa shape index (κ3) is 3.38. The number of thioether (sulfide) groups is 1. The molecule has 2 aromatic carbocycles. The Labute approximate surface area is 158 Å². The molecule has 0 aliphatic carbocycles. The van der Waals surface area contributed by atoms with Gasteiger partial charge in [0.15, 0.2) is 0 Å². The highest BCUT2D eigenvalue weighted by Crippen LogP contribution is 2.25. The minimum Gasteiger partial charge on any atom is -0.351 e. The molecule has 130 valence electrons. The van der Waals surface area contributed by atoms with Gasteiger partial charge >= 0.3 is 0 Å². The van der Waals surface area contributed by atoms with Crippen molar-refractivity contribution in [2.75, 3.05) is 12.3 Å². The lowest BCUT2D eigenvalue weighted by Crippen LogP contribution is -2.25. The summed E-state index contributed by atoms with van der Waals surface area (Å²) in [6.45, 7) is 0.547. The maximum atomic E-state index is 12.5. The third-order valence-electron chi connectivity index (χ3n) is 4.05. The second kappa shape index (κ2) is 7.35. The fraction of sp³-hybridized carbons (Fsp3) is 0.100. The van der Waals surface area contributed by atoms with Crippen molar-refractivity contribution in [3.8, 4) is 0 Å². The van der Waals surface area contributed by atoms with E-state index in [1.807, 2.05) is 54.6 Å². The molecule has 0 spiro atoms. The summed E-state index contributed by atoms with van der Waals surface area (Å²) in [6, 6.07) is 19.6. The number of carbonyl (C=O) groups excluding carboxylic acids is 1. The van der Waals surface area contributed by atoms with Crippen molar-refractivity contribution in [1.29, 1.82) is 0 Å². The molecule has 2 N–H and O–H groups in total. The van der Waals surface area contributed by atoms with Crippen LogP contribution < -0.4 is 10.1 Å². The minimum atomic E-state index is -0.201. The average Bonchev–Trinajstić information content (AvgIpc) is 3.05. The number of hydrogen-bond acceptors (Lipinski definition) is 4. The van der Waals surface area contributed by atoms with Gasteiger partial charge in [-0.1, -0.05) is 47.7 Å². The predicted molar refractivity (Wildman–Crippen MR) is 109 cm³/mol. The van der Waals surface area contributed by atoms with Crippen molar-refractivity contribution < 1.29 is 4.79 Å². The Morgan fingerprint density at radius 3 is 2.65 bits per heavy atom. The van der Waals surface area contributed by atoms with Gasteiger partial charge in [-0.05, 0) is 24.3 Å². The molecule has 0 aliphatic heterocycles. The maximum absolute atomic E-state index is 12.5. The molecule has 0 aliphatic rings. The zero-order valence-corrected chi connectivity index (χ0v) is 15.5. The number of hydrogen-bond donors (Lipinski definition) is 2. The first-order valence-electron chi connectivity index (χ1n) is 8.23. The van der Waals surface area contributed by atoms with Crippen LogP contribution in [-0.2, 0) is 0 Å². The monoisotopic (exact) mass is 380 g/mol. The number of carbonyl (C=O) groups is 1. The normalized spacial score (nSPS) is 11.1. The quantitative estimate of drug-likeness (QED) is 0.402. The minimum absolute atomic E-state index is 0.123. The first-order valence-corrected chi connectivity index (χ1v) is 10.0. The second-order valence-corrected chi connectivity index (χ2v) is 7.96. The van der Waals surface area contributed by atoms with Crippen molar-refractivity contribution in [2.45, 2.75) is 4.90 Å². The largest absolute Gasteiger partial charge is 0.351 e. The summed E-state index contributed by atoms with van der Waals surface area (Å²) < 4.78 is -0.123. The van der Waals surface area contributed by atoms with Crippen LogP contribution >= 0.6 is 23.1 Å². The highest BCUT2D eigenvalue weighted by atomic mass is 32.2. The molecule has 26 heavy (non-hydrogen) atoms. The molecule has 0 saturated carbocycles. The molecule has 2 heterocycles. The van der Waals surface area contributed by atoms with Crippen LogP contribution in [0.5, 0.6) is 0 Å². The number of nitrogens with one attached hydrogen (secondary N) is 2.